The number of hydrogen-bond donors (Lipinski definition) is 2. The van der Waals surface area contributed by atoms with Crippen LogP contribution in [0.3, 0.4) is 0 Å². The van der Waals surface area contributed by atoms with E-state index in [0.717, 1.165) is 0 Å². The molecule has 12 nitrogen and oxygen atoms in total. The van der Waals surface area contributed by atoms with Crippen LogP contribution in [0, 0.1) is 17.0 Å². The Morgan fingerprint density at radius 1 is 1.29 bits per heavy atom. The van der Waals surface area contributed by atoms with Crippen molar-refractivity contribution < 1.29 is 18.9 Å². The van der Waals surface area contributed by atoms with Gasteiger partial charge in [0.2, 0.25) is 5.69 Å². The quantitative estimate of drug-likeness (QED) is 0.475. The van der Waals surface area contributed by atoms with Crippen LogP contribution in [0.15, 0.2) is 29.0 Å². The summed E-state index contributed by atoms with van der Waals surface area (Å²) in [7, 11) is 3.03. The van der Waals surface area contributed by atoms with Crippen LogP contribution in [0.4, 0.5) is 11.4 Å². The van der Waals surface area contributed by atoms with Crippen molar-refractivity contribution in [2.45, 2.75) is 13.5 Å². The maximum Gasteiger partial charge on any atom is 0.322 e. The molecular formula is C16H17N7O5. The molecule has 0 radical (unpaired) electrons. The lowest BCUT2D eigenvalue weighted by atomic mass is 10.2. The van der Waals surface area contributed by atoms with Crippen LogP contribution >= 0.6 is 0 Å². The van der Waals surface area contributed by atoms with Crippen molar-refractivity contribution in [2.75, 3.05) is 5.32 Å². The molecule has 0 saturated carbocycles. The zero-order valence-electron chi connectivity index (χ0n) is 15.3. The van der Waals surface area contributed by atoms with Gasteiger partial charge in [0.25, 0.3) is 11.8 Å². The number of nitrogens with one attached hydrogen (secondary N) is 2. The predicted octanol–water partition coefficient (Wildman–Crippen LogP) is 1.15. The third kappa shape index (κ3) is 3.47. The highest BCUT2D eigenvalue weighted by Gasteiger charge is 2.30. The Balaban J connectivity index is 1.82. The highest BCUT2D eigenvalue weighted by atomic mass is 16.6. The minimum absolute atomic E-state index is 0.0789. The van der Waals surface area contributed by atoms with E-state index >= 15 is 0 Å². The van der Waals surface area contributed by atoms with Gasteiger partial charge >= 0.3 is 5.69 Å². The van der Waals surface area contributed by atoms with Crippen molar-refractivity contribution in [3.05, 3.63) is 57.5 Å². The average molecular weight is 387 g/mol. The van der Waals surface area contributed by atoms with Crippen molar-refractivity contribution >= 4 is 23.2 Å². The standard InChI is InChI=1S/C16H17N7O5/c1-9-13(23(26)27)12(20-21(9)2)15(24)19-11-8-18-22(3)14(11)16(25)17-7-10-5-4-6-28-10/h4-6,8H,7H2,1-3H3,(H,17,25)(H,19,24). The number of furan rings is 1. The summed E-state index contributed by atoms with van der Waals surface area (Å²) < 4.78 is 7.68. The van der Waals surface area contributed by atoms with Gasteiger partial charge in [-0.15, -0.1) is 0 Å². The third-order valence-electron chi connectivity index (χ3n) is 4.11. The van der Waals surface area contributed by atoms with Crippen LogP contribution in [0.5, 0.6) is 0 Å². The van der Waals surface area contributed by atoms with Crippen LogP contribution in [0.25, 0.3) is 0 Å². The summed E-state index contributed by atoms with van der Waals surface area (Å²) in [6, 6.07) is 3.40. The van der Waals surface area contributed by atoms with E-state index in [1.807, 2.05) is 0 Å². The van der Waals surface area contributed by atoms with Crippen LogP contribution < -0.4 is 10.6 Å². The largest absolute Gasteiger partial charge is 0.467 e. The lowest BCUT2D eigenvalue weighted by Crippen LogP contribution is -2.26. The number of rotatable bonds is 6. The van der Waals surface area contributed by atoms with E-state index in [-0.39, 0.29) is 29.3 Å². The first-order chi connectivity index (χ1) is 13.3. The number of aryl methyl sites for hydroxylation is 2. The second-order valence-electron chi connectivity index (χ2n) is 5.91. The maximum atomic E-state index is 12.6. The molecule has 0 spiro atoms. The van der Waals surface area contributed by atoms with E-state index in [1.54, 1.807) is 12.1 Å². The number of nitrogens with zero attached hydrogens (tertiary/aromatic N) is 5. The van der Waals surface area contributed by atoms with Crippen molar-refractivity contribution in [3.8, 4) is 0 Å². The van der Waals surface area contributed by atoms with Gasteiger partial charge in [-0.05, 0) is 19.1 Å². The molecular weight excluding hydrogens is 370 g/mol. The fourth-order valence-electron chi connectivity index (χ4n) is 2.61. The van der Waals surface area contributed by atoms with Gasteiger partial charge in [0, 0.05) is 14.1 Å². The Labute approximate surface area is 158 Å². The number of aromatic nitrogens is 4. The Hall–Kier alpha value is -3.96. The van der Waals surface area contributed by atoms with Crippen LogP contribution in [-0.2, 0) is 20.6 Å². The SMILES string of the molecule is Cc1c([N+](=O)[O-])c(C(=O)Nc2cnn(C)c2C(=O)NCc2ccco2)nn1C. The summed E-state index contributed by atoms with van der Waals surface area (Å²) >= 11 is 0. The Morgan fingerprint density at radius 2 is 2.04 bits per heavy atom. The zero-order valence-corrected chi connectivity index (χ0v) is 15.3. The number of anilines is 1. The topological polar surface area (TPSA) is 150 Å². The minimum atomic E-state index is -0.816. The van der Waals surface area contributed by atoms with Gasteiger partial charge in [0.15, 0.2) is 0 Å². The molecule has 0 bridgehead atoms. The van der Waals surface area contributed by atoms with Crippen molar-refractivity contribution in [1.29, 1.82) is 0 Å². The average Bonchev–Trinajstić information content (AvgIpc) is 3.34. The molecule has 12 heteroatoms. The van der Waals surface area contributed by atoms with Gasteiger partial charge in [-0.1, -0.05) is 0 Å². The predicted molar refractivity (Wildman–Crippen MR) is 95.6 cm³/mol. The number of carbonyl (C=O) groups excluding carboxylic acids is 2. The molecule has 146 valence electrons. The number of hydrogen-bond acceptors (Lipinski definition) is 7. The minimum Gasteiger partial charge on any atom is -0.467 e. The second-order valence-corrected chi connectivity index (χ2v) is 5.91. The fraction of sp³-hybridized carbons (Fsp3) is 0.250. The van der Waals surface area contributed by atoms with E-state index in [2.05, 4.69) is 20.8 Å². The molecule has 0 aromatic carbocycles. The van der Waals surface area contributed by atoms with Crippen LogP contribution in [-0.4, -0.2) is 36.3 Å². The molecule has 28 heavy (non-hydrogen) atoms. The van der Waals surface area contributed by atoms with E-state index in [4.69, 9.17) is 4.42 Å². The van der Waals surface area contributed by atoms with E-state index in [0.29, 0.717) is 5.76 Å². The molecule has 0 aliphatic carbocycles. The number of carbonyl (C=O) groups is 2. The first kappa shape index (κ1) is 18.8. The lowest BCUT2D eigenvalue weighted by Gasteiger charge is -2.07. The smallest absolute Gasteiger partial charge is 0.322 e. The Morgan fingerprint density at radius 3 is 2.68 bits per heavy atom. The molecule has 0 atom stereocenters. The molecule has 0 aliphatic rings. The fourth-order valence-corrected chi connectivity index (χ4v) is 2.61. The van der Waals surface area contributed by atoms with Crippen LogP contribution in [0.1, 0.15) is 32.4 Å². The molecule has 2 amide bonds. The van der Waals surface area contributed by atoms with Gasteiger partial charge in [-0.25, -0.2) is 0 Å². The van der Waals surface area contributed by atoms with E-state index in [9.17, 15) is 19.7 Å². The Kier molecular flexibility index (Phi) is 4.94. The van der Waals surface area contributed by atoms with Gasteiger partial charge < -0.3 is 15.1 Å². The number of amides is 2. The third-order valence-corrected chi connectivity index (χ3v) is 4.11. The van der Waals surface area contributed by atoms with Crippen molar-refractivity contribution in [1.82, 2.24) is 24.9 Å². The van der Waals surface area contributed by atoms with Crippen molar-refractivity contribution in [3.63, 3.8) is 0 Å². The molecule has 0 fully saturated rings. The first-order valence-electron chi connectivity index (χ1n) is 8.11. The maximum absolute atomic E-state index is 12.6. The molecule has 3 aromatic heterocycles. The summed E-state index contributed by atoms with van der Waals surface area (Å²) in [4.78, 5) is 35.7. The molecule has 3 rings (SSSR count). The van der Waals surface area contributed by atoms with Gasteiger partial charge in [-0.3, -0.25) is 29.1 Å². The molecule has 0 saturated heterocycles. The van der Waals surface area contributed by atoms with Gasteiger partial charge in [-0.2, -0.15) is 10.2 Å². The number of nitro groups is 1. The normalized spacial score (nSPS) is 10.7. The molecule has 3 aromatic rings. The Bertz CT molecular complexity index is 1050. The van der Waals surface area contributed by atoms with Gasteiger partial charge in [0.1, 0.15) is 17.1 Å². The highest BCUT2D eigenvalue weighted by Crippen LogP contribution is 2.24. The molecule has 3 heterocycles. The first-order valence-corrected chi connectivity index (χ1v) is 8.11. The summed E-state index contributed by atoms with van der Waals surface area (Å²) in [5.74, 6) is -0.762. The molecule has 0 unspecified atom stereocenters. The summed E-state index contributed by atoms with van der Waals surface area (Å²) in [5, 5.41) is 24.3. The van der Waals surface area contributed by atoms with Crippen LogP contribution in [0.2, 0.25) is 0 Å². The van der Waals surface area contributed by atoms with E-state index < -0.39 is 22.4 Å². The molecule has 2 N–H and O–H groups in total. The summed E-state index contributed by atoms with van der Waals surface area (Å²) in [6.45, 7) is 1.63. The summed E-state index contributed by atoms with van der Waals surface area (Å²) in [5.41, 5.74) is -0.335. The van der Waals surface area contributed by atoms with Crippen molar-refractivity contribution in [2.24, 2.45) is 14.1 Å². The monoisotopic (exact) mass is 387 g/mol. The van der Waals surface area contributed by atoms with E-state index in [1.165, 1.54) is 42.8 Å². The lowest BCUT2D eigenvalue weighted by molar-refractivity contribution is -0.385. The zero-order chi connectivity index (χ0) is 20.4. The molecule has 0 aliphatic heterocycles. The summed E-state index contributed by atoms with van der Waals surface area (Å²) in [6.07, 6.45) is 2.76. The highest BCUT2D eigenvalue weighted by molar-refractivity contribution is 6.09. The second kappa shape index (κ2) is 7.34. The van der Waals surface area contributed by atoms with Gasteiger partial charge in [0.05, 0.1) is 29.6 Å².